The fourth-order valence-electron chi connectivity index (χ4n) is 4.76. The summed E-state index contributed by atoms with van der Waals surface area (Å²) in [5.41, 5.74) is 5.28. The van der Waals surface area contributed by atoms with Crippen LogP contribution >= 0.6 is 11.3 Å². The molecule has 2 aliphatic rings. The van der Waals surface area contributed by atoms with E-state index in [4.69, 9.17) is 9.84 Å². The molecule has 5 rings (SSSR count). The summed E-state index contributed by atoms with van der Waals surface area (Å²) in [6.07, 6.45) is 0.0813. The van der Waals surface area contributed by atoms with Gasteiger partial charge in [-0.25, -0.2) is 9.78 Å². The zero-order valence-corrected chi connectivity index (χ0v) is 19.8. The number of benzene rings is 2. The number of carboxylic acid groups (broad SMARTS) is 1. The summed E-state index contributed by atoms with van der Waals surface area (Å²) in [7, 11) is 0. The molecule has 35 heavy (non-hydrogen) atoms. The SMILES string of the molecule is O=C(NCc1nc(CC(=O)N2CCC(C(=O)O)C2)cs1)OCC1c2ccccc2-c2ccccc21. The molecule has 180 valence electrons. The monoisotopic (exact) mass is 491 g/mol. The van der Waals surface area contributed by atoms with Crippen LogP contribution < -0.4 is 5.32 Å². The zero-order valence-electron chi connectivity index (χ0n) is 19.0. The van der Waals surface area contributed by atoms with Crippen LogP contribution in [-0.4, -0.2) is 52.7 Å². The number of thiazole rings is 1. The molecule has 2 heterocycles. The number of likely N-dealkylation sites (tertiary alicyclic amines) is 1. The third-order valence-corrected chi connectivity index (χ3v) is 7.45. The highest BCUT2D eigenvalue weighted by atomic mass is 32.1. The lowest BCUT2D eigenvalue weighted by Gasteiger charge is -2.15. The Labute approximate surface area is 206 Å². The molecule has 3 aromatic rings. The van der Waals surface area contributed by atoms with Crippen LogP contribution in [0.3, 0.4) is 0 Å². The molecule has 1 aromatic heterocycles. The Hall–Kier alpha value is -3.72. The minimum absolute atomic E-state index is 0.00283. The number of nitrogens with zero attached hydrogens (tertiary/aromatic N) is 2. The third-order valence-electron chi connectivity index (χ3n) is 6.55. The lowest BCUT2D eigenvalue weighted by atomic mass is 9.98. The van der Waals surface area contributed by atoms with Crippen LogP contribution in [0.1, 0.15) is 34.2 Å². The standard InChI is InChI=1S/C26H25N3O5S/c30-24(29-10-9-16(13-29)25(31)32)11-17-15-35-23(28-17)12-27-26(33)34-14-22-20-7-3-1-5-18(20)19-6-2-4-8-21(19)22/h1-8,15-16,22H,9-14H2,(H,27,33)(H,31,32). The van der Waals surface area contributed by atoms with E-state index >= 15 is 0 Å². The molecule has 1 unspecified atom stereocenters. The van der Waals surface area contributed by atoms with E-state index in [1.165, 1.54) is 22.5 Å². The highest BCUT2D eigenvalue weighted by molar-refractivity contribution is 7.09. The Morgan fingerprint density at radius 3 is 2.43 bits per heavy atom. The average Bonchev–Trinajstić information content (AvgIpc) is 3.59. The number of carbonyl (C=O) groups excluding carboxylic acids is 2. The minimum atomic E-state index is -0.865. The van der Waals surface area contributed by atoms with Crippen LogP contribution in [0.5, 0.6) is 0 Å². The van der Waals surface area contributed by atoms with E-state index in [1.807, 2.05) is 24.3 Å². The van der Waals surface area contributed by atoms with Gasteiger partial charge >= 0.3 is 12.1 Å². The minimum Gasteiger partial charge on any atom is -0.481 e. The first-order valence-corrected chi connectivity index (χ1v) is 12.4. The second-order valence-corrected chi connectivity index (χ2v) is 9.69. The van der Waals surface area contributed by atoms with Crippen molar-refractivity contribution in [3.8, 4) is 11.1 Å². The van der Waals surface area contributed by atoms with E-state index in [0.717, 1.165) is 11.1 Å². The van der Waals surface area contributed by atoms with Crippen molar-refractivity contribution in [2.24, 2.45) is 5.92 Å². The van der Waals surface area contributed by atoms with E-state index in [9.17, 15) is 14.4 Å². The summed E-state index contributed by atoms with van der Waals surface area (Å²) < 4.78 is 5.55. The van der Waals surface area contributed by atoms with Crippen molar-refractivity contribution < 1.29 is 24.2 Å². The molecule has 0 spiro atoms. The largest absolute Gasteiger partial charge is 0.481 e. The molecule has 0 radical (unpaired) electrons. The zero-order chi connectivity index (χ0) is 24.4. The number of aromatic nitrogens is 1. The van der Waals surface area contributed by atoms with E-state index in [0.29, 0.717) is 23.7 Å². The van der Waals surface area contributed by atoms with Gasteiger partial charge in [0.1, 0.15) is 11.6 Å². The molecule has 2 N–H and O–H groups in total. The quantitative estimate of drug-likeness (QED) is 0.522. The van der Waals surface area contributed by atoms with Crippen LogP contribution in [0.4, 0.5) is 4.79 Å². The summed E-state index contributed by atoms with van der Waals surface area (Å²) in [5.74, 6) is -1.49. The Morgan fingerprint density at radius 2 is 1.77 bits per heavy atom. The fraction of sp³-hybridized carbons (Fsp3) is 0.308. The van der Waals surface area contributed by atoms with E-state index in [1.54, 1.807) is 10.3 Å². The fourth-order valence-corrected chi connectivity index (χ4v) is 5.50. The number of nitrogens with one attached hydrogen (secondary N) is 1. The summed E-state index contributed by atoms with van der Waals surface area (Å²) in [5, 5.41) is 14.3. The third kappa shape index (κ3) is 4.90. The normalized spacial score (nSPS) is 16.6. The first-order valence-electron chi connectivity index (χ1n) is 11.5. The van der Waals surface area contributed by atoms with Gasteiger partial charge in [-0.2, -0.15) is 0 Å². The number of amides is 2. The van der Waals surface area contributed by atoms with E-state index < -0.39 is 18.0 Å². The van der Waals surface area contributed by atoms with Crippen molar-refractivity contribution in [3.63, 3.8) is 0 Å². The van der Waals surface area contributed by atoms with Gasteiger partial charge in [0.05, 0.1) is 24.6 Å². The number of carbonyl (C=O) groups is 3. The topological polar surface area (TPSA) is 109 Å². The number of hydrogen-bond donors (Lipinski definition) is 2. The molecule has 1 fully saturated rings. The number of hydrogen-bond acceptors (Lipinski definition) is 6. The van der Waals surface area contributed by atoms with Gasteiger partial charge in [0, 0.05) is 24.4 Å². The van der Waals surface area contributed by atoms with Gasteiger partial charge in [-0.05, 0) is 28.7 Å². The predicted octanol–water partition coefficient (Wildman–Crippen LogP) is 3.66. The molecule has 2 aromatic carbocycles. The highest BCUT2D eigenvalue weighted by Crippen LogP contribution is 2.44. The number of alkyl carbamates (subject to hydrolysis) is 1. The number of ether oxygens (including phenoxy) is 1. The second kappa shape index (κ2) is 9.87. The molecule has 1 atom stereocenters. The van der Waals surface area contributed by atoms with Gasteiger partial charge in [0.15, 0.2) is 0 Å². The van der Waals surface area contributed by atoms with Crippen LogP contribution in [0.15, 0.2) is 53.9 Å². The maximum Gasteiger partial charge on any atom is 0.407 e. The first-order chi connectivity index (χ1) is 17.0. The van der Waals surface area contributed by atoms with Gasteiger partial charge < -0.3 is 20.1 Å². The number of rotatable bonds is 7. The van der Waals surface area contributed by atoms with Gasteiger partial charge in [-0.3, -0.25) is 9.59 Å². The summed E-state index contributed by atoms with van der Waals surface area (Å²) in [4.78, 5) is 41.9. The molecular formula is C26H25N3O5S. The van der Waals surface area contributed by atoms with Crippen molar-refractivity contribution in [1.82, 2.24) is 15.2 Å². The van der Waals surface area contributed by atoms with Crippen LogP contribution in [0, 0.1) is 5.92 Å². The molecule has 9 heteroatoms. The van der Waals surface area contributed by atoms with Crippen molar-refractivity contribution in [2.75, 3.05) is 19.7 Å². The van der Waals surface area contributed by atoms with Crippen molar-refractivity contribution in [3.05, 3.63) is 75.7 Å². The molecule has 0 bridgehead atoms. The van der Waals surface area contributed by atoms with Crippen molar-refractivity contribution >= 4 is 29.3 Å². The maximum atomic E-state index is 12.5. The maximum absolute atomic E-state index is 12.5. The first kappa shape index (κ1) is 23.0. The highest BCUT2D eigenvalue weighted by Gasteiger charge is 2.31. The molecule has 1 saturated heterocycles. The molecule has 1 aliphatic heterocycles. The van der Waals surface area contributed by atoms with E-state index in [-0.39, 0.29) is 37.9 Å². The summed E-state index contributed by atoms with van der Waals surface area (Å²) >= 11 is 1.36. The van der Waals surface area contributed by atoms with Crippen LogP contribution in [0.25, 0.3) is 11.1 Å². The Bertz CT molecular complexity index is 1230. The number of aliphatic carboxylic acids is 1. The van der Waals surface area contributed by atoms with Crippen molar-refractivity contribution in [2.45, 2.75) is 25.3 Å². The Balaban J connectivity index is 1.11. The second-order valence-electron chi connectivity index (χ2n) is 8.75. The molecule has 2 amide bonds. The smallest absolute Gasteiger partial charge is 0.407 e. The Kier molecular flexibility index (Phi) is 6.50. The van der Waals surface area contributed by atoms with Crippen molar-refractivity contribution in [1.29, 1.82) is 0 Å². The van der Waals surface area contributed by atoms with Gasteiger partial charge in [-0.15, -0.1) is 11.3 Å². The van der Waals surface area contributed by atoms with Crippen LogP contribution in [0.2, 0.25) is 0 Å². The lowest BCUT2D eigenvalue weighted by Crippen LogP contribution is -2.31. The molecular weight excluding hydrogens is 466 g/mol. The Morgan fingerprint density at radius 1 is 1.09 bits per heavy atom. The van der Waals surface area contributed by atoms with Gasteiger partial charge in [0.25, 0.3) is 0 Å². The van der Waals surface area contributed by atoms with Gasteiger partial charge in [0.2, 0.25) is 5.91 Å². The van der Waals surface area contributed by atoms with E-state index in [2.05, 4.69) is 34.6 Å². The molecule has 0 saturated carbocycles. The lowest BCUT2D eigenvalue weighted by molar-refractivity contribution is -0.141. The molecule has 8 nitrogen and oxygen atoms in total. The molecule has 1 aliphatic carbocycles. The number of fused-ring (bicyclic) bond motifs is 3. The van der Waals surface area contributed by atoms with Crippen LogP contribution in [-0.2, 0) is 27.3 Å². The summed E-state index contributed by atoms with van der Waals surface area (Å²) in [6.45, 7) is 1.15. The summed E-state index contributed by atoms with van der Waals surface area (Å²) in [6, 6.07) is 16.3. The predicted molar refractivity (Wildman–Crippen MR) is 130 cm³/mol. The number of carboxylic acids is 1. The van der Waals surface area contributed by atoms with Gasteiger partial charge in [-0.1, -0.05) is 48.5 Å². The average molecular weight is 492 g/mol.